The molecule has 1 unspecified atom stereocenters. The van der Waals surface area contributed by atoms with E-state index in [4.69, 9.17) is 4.74 Å². The summed E-state index contributed by atoms with van der Waals surface area (Å²) in [7, 11) is 0. The van der Waals surface area contributed by atoms with Crippen molar-refractivity contribution in [3.05, 3.63) is 28.2 Å². The molecule has 3 rings (SSSR count). The van der Waals surface area contributed by atoms with Crippen molar-refractivity contribution in [2.24, 2.45) is 0 Å². The van der Waals surface area contributed by atoms with Crippen LogP contribution in [0.3, 0.4) is 0 Å². The second-order valence-electron chi connectivity index (χ2n) is 4.60. The van der Waals surface area contributed by atoms with Crippen molar-refractivity contribution in [2.75, 3.05) is 6.54 Å². The molecule has 7 heteroatoms. The molecule has 1 amide bonds. The van der Waals surface area contributed by atoms with Gasteiger partial charge in [0.15, 0.2) is 0 Å². The number of Topliss-reactive ketones (excluding diaryl/α,β-unsaturated/α-hetero) is 1. The highest BCUT2D eigenvalue weighted by Crippen LogP contribution is 2.40. The number of nitrogens with zero attached hydrogens (tertiary/aromatic N) is 2. The lowest BCUT2D eigenvalue weighted by Crippen LogP contribution is -2.32. The number of likely N-dealkylation sites (tertiary alicyclic amines) is 1. The number of hydrogen-bond donors (Lipinski definition) is 1. The topological polar surface area (TPSA) is 79.7 Å². The van der Waals surface area contributed by atoms with Gasteiger partial charge in [-0.3, -0.25) is 14.5 Å². The van der Waals surface area contributed by atoms with Gasteiger partial charge in [-0.05, 0) is 13.3 Å². The molecule has 1 fully saturated rings. The quantitative estimate of drug-likeness (QED) is 0.883. The van der Waals surface area contributed by atoms with Gasteiger partial charge in [0.1, 0.15) is 5.01 Å². The van der Waals surface area contributed by atoms with Gasteiger partial charge in [0, 0.05) is 24.5 Å². The highest BCUT2D eigenvalue weighted by Gasteiger charge is 2.52. The van der Waals surface area contributed by atoms with Crippen LogP contribution in [0.5, 0.6) is 0 Å². The first-order chi connectivity index (χ1) is 9.04. The summed E-state index contributed by atoms with van der Waals surface area (Å²) >= 11 is 1.27. The smallest absolute Gasteiger partial charge is 0.253 e. The number of thiazole rings is 1. The van der Waals surface area contributed by atoms with Gasteiger partial charge in [0.2, 0.25) is 23.2 Å². The highest BCUT2D eigenvalue weighted by molar-refractivity contribution is 7.09. The summed E-state index contributed by atoms with van der Waals surface area (Å²) in [6, 6.07) is 0. The Bertz CT molecular complexity index is 581. The molecule has 1 atom stereocenters. The number of aliphatic hydroxyl groups is 1. The largest absolute Gasteiger partial charge is 0.501 e. The first-order valence-corrected chi connectivity index (χ1v) is 6.79. The van der Waals surface area contributed by atoms with Gasteiger partial charge in [0.25, 0.3) is 5.78 Å². The molecule has 19 heavy (non-hydrogen) atoms. The molecule has 0 aromatic carbocycles. The molecule has 0 bridgehead atoms. The summed E-state index contributed by atoms with van der Waals surface area (Å²) in [5.41, 5.74) is -1.34. The van der Waals surface area contributed by atoms with Crippen LogP contribution in [-0.4, -0.2) is 33.2 Å². The lowest BCUT2D eigenvalue weighted by molar-refractivity contribution is -0.136. The van der Waals surface area contributed by atoms with Crippen molar-refractivity contribution < 1.29 is 19.4 Å². The Balaban J connectivity index is 1.97. The van der Waals surface area contributed by atoms with Gasteiger partial charge in [-0.15, -0.1) is 11.3 Å². The Morgan fingerprint density at radius 2 is 2.32 bits per heavy atom. The molecule has 1 aromatic heterocycles. The molecular weight excluding hydrogens is 268 g/mol. The number of aromatic nitrogens is 1. The number of carbonyl (C=O) groups is 2. The molecule has 0 spiro atoms. The molecule has 0 aliphatic carbocycles. The van der Waals surface area contributed by atoms with Crippen molar-refractivity contribution in [3.8, 4) is 0 Å². The predicted molar refractivity (Wildman–Crippen MR) is 66.2 cm³/mol. The normalized spacial score (nSPS) is 27.3. The summed E-state index contributed by atoms with van der Waals surface area (Å²) < 4.78 is 5.61. The third-order valence-electron chi connectivity index (χ3n) is 3.31. The van der Waals surface area contributed by atoms with Gasteiger partial charge in [0.05, 0.1) is 0 Å². The standard InChI is InChI=1S/C12H12N2O4S/c1-12(11-13-4-6-19-11)9(17)8(16)10(18-12)14-5-2-3-7(14)15/h4,6,16H,2-3,5H2,1H3. The minimum atomic E-state index is -1.34. The molecule has 2 aliphatic heterocycles. The Hall–Kier alpha value is -1.89. The van der Waals surface area contributed by atoms with Gasteiger partial charge in [-0.2, -0.15) is 0 Å². The molecule has 6 nitrogen and oxygen atoms in total. The number of aliphatic hydroxyl groups excluding tert-OH is 1. The van der Waals surface area contributed by atoms with Crippen molar-refractivity contribution in [1.29, 1.82) is 0 Å². The predicted octanol–water partition coefficient (Wildman–Crippen LogP) is 1.31. The van der Waals surface area contributed by atoms with E-state index in [1.54, 1.807) is 18.5 Å². The molecule has 2 aliphatic rings. The Morgan fingerprint density at radius 3 is 2.89 bits per heavy atom. The van der Waals surface area contributed by atoms with E-state index in [-0.39, 0.29) is 11.8 Å². The van der Waals surface area contributed by atoms with Crippen LogP contribution >= 0.6 is 11.3 Å². The van der Waals surface area contributed by atoms with Crippen LogP contribution in [0.2, 0.25) is 0 Å². The number of rotatable bonds is 2. The van der Waals surface area contributed by atoms with E-state index in [2.05, 4.69) is 4.98 Å². The van der Waals surface area contributed by atoms with E-state index in [0.717, 1.165) is 0 Å². The maximum atomic E-state index is 12.2. The Morgan fingerprint density at radius 1 is 1.53 bits per heavy atom. The second-order valence-corrected chi connectivity index (χ2v) is 5.50. The fourth-order valence-corrected chi connectivity index (χ4v) is 2.99. The van der Waals surface area contributed by atoms with E-state index in [1.807, 2.05) is 0 Å². The Kier molecular flexibility index (Phi) is 2.60. The third-order valence-corrected chi connectivity index (χ3v) is 4.29. The summed E-state index contributed by atoms with van der Waals surface area (Å²) in [5, 5.41) is 12.2. The van der Waals surface area contributed by atoms with Crippen molar-refractivity contribution in [3.63, 3.8) is 0 Å². The van der Waals surface area contributed by atoms with E-state index in [0.29, 0.717) is 24.4 Å². The molecule has 0 radical (unpaired) electrons. The lowest BCUT2D eigenvalue weighted by atomic mass is 10.0. The van der Waals surface area contributed by atoms with Crippen LogP contribution in [0.4, 0.5) is 0 Å². The van der Waals surface area contributed by atoms with Gasteiger partial charge < -0.3 is 9.84 Å². The lowest BCUT2D eigenvalue weighted by Gasteiger charge is -2.23. The van der Waals surface area contributed by atoms with Crippen LogP contribution in [0.15, 0.2) is 23.2 Å². The van der Waals surface area contributed by atoms with Crippen molar-refractivity contribution in [1.82, 2.24) is 9.88 Å². The zero-order valence-electron chi connectivity index (χ0n) is 10.3. The number of ketones is 1. The minimum Gasteiger partial charge on any atom is -0.501 e. The summed E-state index contributed by atoms with van der Waals surface area (Å²) in [6.07, 6.45) is 2.67. The van der Waals surface area contributed by atoms with Crippen LogP contribution in [0.25, 0.3) is 0 Å². The molecule has 3 heterocycles. The average molecular weight is 280 g/mol. The fourth-order valence-electron chi connectivity index (χ4n) is 2.26. The van der Waals surface area contributed by atoms with E-state index >= 15 is 0 Å². The SMILES string of the molecule is CC1(c2nccs2)OC(N2CCCC2=O)=C(O)C1=O. The van der Waals surface area contributed by atoms with Gasteiger partial charge in [-0.25, -0.2) is 4.98 Å². The van der Waals surface area contributed by atoms with E-state index < -0.39 is 17.1 Å². The van der Waals surface area contributed by atoms with Gasteiger partial charge in [-0.1, -0.05) is 0 Å². The van der Waals surface area contributed by atoms with Gasteiger partial charge >= 0.3 is 0 Å². The fraction of sp³-hybridized carbons (Fsp3) is 0.417. The number of ether oxygens (including phenoxy) is 1. The number of amides is 1. The first kappa shape index (κ1) is 12.2. The molecule has 1 saturated heterocycles. The molecule has 1 aromatic rings. The van der Waals surface area contributed by atoms with Crippen LogP contribution < -0.4 is 0 Å². The first-order valence-electron chi connectivity index (χ1n) is 5.91. The Labute approximate surface area is 113 Å². The number of hydrogen-bond acceptors (Lipinski definition) is 6. The second kappa shape index (κ2) is 4.06. The summed E-state index contributed by atoms with van der Waals surface area (Å²) in [5.74, 6) is -1.23. The van der Waals surface area contributed by atoms with Crippen LogP contribution in [-0.2, 0) is 19.9 Å². The summed E-state index contributed by atoms with van der Waals surface area (Å²) in [6.45, 7) is 2.01. The van der Waals surface area contributed by atoms with Crippen LogP contribution in [0, 0.1) is 0 Å². The number of carbonyl (C=O) groups excluding carboxylic acids is 2. The minimum absolute atomic E-state index is 0.0369. The van der Waals surface area contributed by atoms with Crippen molar-refractivity contribution >= 4 is 23.0 Å². The third kappa shape index (κ3) is 1.65. The van der Waals surface area contributed by atoms with E-state index in [1.165, 1.54) is 16.2 Å². The monoisotopic (exact) mass is 280 g/mol. The molecule has 0 saturated carbocycles. The molecular formula is C12H12N2O4S. The maximum Gasteiger partial charge on any atom is 0.253 e. The molecule has 100 valence electrons. The average Bonchev–Trinajstić information content (AvgIpc) is 3.08. The molecule has 1 N–H and O–H groups in total. The zero-order valence-corrected chi connectivity index (χ0v) is 11.1. The van der Waals surface area contributed by atoms with Crippen LogP contribution in [0.1, 0.15) is 24.8 Å². The van der Waals surface area contributed by atoms with Crippen molar-refractivity contribution in [2.45, 2.75) is 25.4 Å². The van der Waals surface area contributed by atoms with E-state index in [9.17, 15) is 14.7 Å². The highest BCUT2D eigenvalue weighted by atomic mass is 32.1. The maximum absolute atomic E-state index is 12.2. The summed E-state index contributed by atoms with van der Waals surface area (Å²) in [4.78, 5) is 29.3. The zero-order chi connectivity index (χ0) is 13.6.